The van der Waals surface area contributed by atoms with Crippen LogP contribution in [0.5, 0.6) is 0 Å². The van der Waals surface area contributed by atoms with Gasteiger partial charge in [-0.1, -0.05) is 36.4 Å². The zero-order valence-electron chi connectivity index (χ0n) is 13.8. The van der Waals surface area contributed by atoms with Gasteiger partial charge in [-0.2, -0.15) is 0 Å². The Bertz CT molecular complexity index is 912. The lowest BCUT2D eigenvalue weighted by atomic mass is 9.96. The second-order valence-corrected chi connectivity index (χ2v) is 5.61. The summed E-state index contributed by atoms with van der Waals surface area (Å²) in [4.78, 5) is 28.0. The molecule has 1 heterocycles. The molecule has 0 fully saturated rings. The minimum absolute atomic E-state index is 0.203. The standard InChI is InChI=1S/C20H17N3O3/c24-19(16-8-10-21-11-9-16)22-13-14-6-7-17(20(25)23-26)18(12-14)15-4-2-1-3-5-15/h1-12,26H,13H2,(H,22,24)(H,23,25). The van der Waals surface area contributed by atoms with Gasteiger partial charge >= 0.3 is 0 Å². The summed E-state index contributed by atoms with van der Waals surface area (Å²) in [6, 6.07) is 17.8. The van der Waals surface area contributed by atoms with E-state index < -0.39 is 5.91 Å². The van der Waals surface area contributed by atoms with Crippen molar-refractivity contribution in [3.8, 4) is 11.1 Å². The Balaban J connectivity index is 1.85. The van der Waals surface area contributed by atoms with E-state index in [0.29, 0.717) is 23.2 Å². The maximum absolute atomic E-state index is 12.2. The minimum Gasteiger partial charge on any atom is -0.348 e. The van der Waals surface area contributed by atoms with Gasteiger partial charge in [-0.3, -0.25) is 19.8 Å². The first kappa shape index (κ1) is 17.3. The average molecular weight is 347 g/mol. The van der Waals surface area contributed by atoms with E-state index in [-0.39, 0.29) is 5.91 Å². The molecule has 0 saturated heterocycles. The number of amides is 2. The Morgan fingerprint density at radius 3 is 2.35 bits per heavy atom. The first-order chi connectivity index (χ1) is 12.7. The number of hydrogen-bond acceptors (Lipinski definition) is 4. The van der Waals surface area contributed by atoms with Crippen molar-refractivity contribution in [2.75, 3.05) is 0 Å². The SMILES string of the molecule is O=C(NCc1ccc(C(=O)NO)c(-c2ccccc2)c1)c1ccncc1. The highest BCUT2D eigenvalue weighted by molar-refractivity contribution is 6.00. The molecule has 3 N–H and O–H groups in total. The van der Waals surface area contributed by atoms with Crippen LogP contribution in [0.2, 0.25) is 0 Å². The van der Waals surface area contributed by atoms with Gasteiger partial charge in [0, 0.05) is 30.1 Å². The van der Waals surface area contributed by atoms with Crippen LogP contribution in [0.15, 0.2) is 73.1 Å². The van der Waals surface area contributed by atoms with Gasteiger partial charge in [-0.25, -0.2) is 5.48 Å². The summed E-state index contributed by atoms with van der Waals surface area (Å²) < 4.78 is 0. The molecular weight excluding hydrogens is 330 g/mol. The third-order valence-electron chi connectivity index (χ3n) is 3.91. The van der Waals surface area contributed by atoms with Gasteiger partial charge < -0.3 is 5.32 Å². The Labute approximate surface area is 150 Å². The van der Waals surface area contributed by atoms with E-state index in [0.717, 1.165) is 11.1 Å². The third kappa shape index (κ3) is 3.93. The molecule has 0 aliphatic carbocycles. The number of aromatic nitrogens is 1. The summed E-state index contributed by atoms with van der Waals surface area (Å²) >= 11 is 0. The molecule has 0 aliphatic rings. The van der Waals surface area contributed by atoms with Crippen LogP contribution in [0.25, 0.3) is 11.1 Å². The smallest absolute Gasteiger partial charge is 0.275 e. The monoisotopic (exact) mass is 347 g/mol. The van der Waals surface area contributed by atoms with E-state index in [1.54, 1.807) is 42.1 Å². The van der Waals surface area contributed by atoms with Gasteiger partial charge in [-0.15, -0.1) is 0 Å². The van der Waals surface area contributed by atoms with Crippen molar-refractivity contribution in [3.63, 3.8) is 0 Å². The zero-order valence-corrected chi connectivity index (χ0v) is 13.8. The van der Waals surface area contributed by atoms with Crippen LogP contribution >= 0.6 is 0 Å². The third-order valence-corrected chi connectivity index (χ3v) is 3.91. The number of hydroxylamine groups is 1. The summed E-state index contributed by atoms with van der Waals surface area (Å²) in [5.41, 5.74) is 4.89. The molecule has 0 radical (unpaired) electrons. The predicted molar refractivity (Wildman–Crippen MR) is 96.5 cm³/mol. The summed E-state index contributed by atoms with van der Waals surface area (Å²) in [5, 5.41) is 11.8. The molecular formula is C20H17N3O3. The van der Waals surface area contributed by atoms with Crippen LogP contribution in [0, 0.1) is 0 Å². The van der Waals surface area contributed by atoms with E-state index in [2.05, 4.69) is 10.3 Å². The molecule has 6 nitrogen and oxygen atoms in total. The van der Waals surface area contributed by atoms with E-state index in [4.69, 9.17) is 5.21 Å². The van der Waals surface area contributed by atoms with Gasteiger partial charge in [0.1, 0.15) is 0 Å². The second kappa shape index (κ2) is 8.04. The minimum atomic E-state index is -0.587. The maximum Gasteiger partial charge on any atom is 0.275 e. The van der Waals surface area contributed by atoms with Crippen molar-refractivity contribution >= 4 is 11.8 Å². The number of carbonyl (C=O) groups excluding carboxylic acids is 2. The normalized spacial score (nSPS) is 10.2. The quantitative estimate of drug-likeness (QED) is 0.489. The summed E-state index contributed by atoms with van der Waals surface area (Å²) in [6.45, 7) is 0.308. The lowest BCUT2D eigenvalue weighted by Crippen LogP contribution is -2.23. The predicted octanol–water partition coefficient (Wildman–Crippen LogP) is 2.80. The highest BCUT2D eigenvalue weighted by atomic mass is 16.5. The van der Waals surface area contributed by atoms with Gasteiger partial charge in [0.2, 0.25) is 0 Å². The topological polar surface area (TPSA) is 91.3 Å². The van der Waals surface area contributed by atoms with Crippen LogP contribution in [0.4, 0.5) is 0 Å². The van der Waals surface area contributed by atoms with Crippen molar-refractivity contribution < 1.29 is 14.8 Å². The highest BCUT2D eigenvalue weighted by Crippen LogP contribution is 2.25. The number of nitrogens with zero attached hydrogens (tertiary/aromatic N) is 1. The lowest BCUT2D eigenvalue weighted by Gasteiger charge is -2.12. The van der Waals surface area contributed by atoms with Crippen LogP contribution < -0.4 is 10.8 Å². The van der Waals surface area contributed by atoms with Crippen LogP contribution in [-0.4, -0.2) is 22.0 Å². The van der Waals surface area contributed by atoms with Gasteiger partial charge in [0.25, 0.3) is 11.8 Å². The van der Waals surface area contributed by atoms with E-state index in [1.165, 1.54) is 0 Å². The van der Waals surface area contributed by atoms with Crippen molar-refractivity contribution in [1.29, 1.82) is 0 Å². The largest absolute Gasteiger partial charge is 0.348 e. The number of pyridine rings is 1. The van der Waals surface area contributed by atoms with Crippen LogP contribution in [0.3, 0.4) is 0 Å². The molecule has 2 aromatic carbocycles. The van der Waals surface area contributed by atoms with Gasteiger partial charge in [-0.05, 0) is 41.0 Å². The molecule has 0 unspecified atom stereocenters. The number of rotatable bonds is 5. The first-order valence-corrected chi connectivity index (χ1v) is 8.00. The summed E-state index contributed by atoms with van der Waals surface area (Å²) in [7, 11) is 0. The molecule has 0 aliphatic heterocycles. The van der Waals surface area contributed by atoms with E-state index in [1.807, 2.05) is 36.4 Å². The Hall–Kier alpha value is -3.51. The average Bonchev–Trinajstić information content (AvgIpc) is 2.72. The fourth-order valence-electron chi connectivity index (χ4n) is 2.60. The molecule has 6 heteroatoms. The van der Waals surface area contributed by atoms with Crippen molar-refractivity contribution in [2.24, 2.45) is 0 Å². The fourth-order valence-corrected chi connectivity index (χ4v) is 2.60. The van der Waals surface area contributed by atoms with Crippen molar-refractivity contribution in [1.82, 2.24) is 15.8 Å². The molecule has 0 saturated carbocycles. The van der Waals surface area contributed by atoms with E-state index >= 15 is 0 Å². The van der Waals surface area contributed by atoms with Crippen LogP contribution in [-0.2, 0) is 6.54 Å². The highest BCUT2D eigenvalue weighted by Gasteiger charge is 2.13. The van der Waals surface area contributed by atoms with Crippen molar-refractivity contribution in [3.05, 3.63) is 89.7 Å². The maximum atomic E-state index is 12.2. The first-order valence-electron chi connectivity index (χ1n) is 8.00. The Kier molecular flexibility index (Phi) is 5.36. The van der Waals surface area contributed by atoms with Crippen LogP contribution in [0.1, 0.15) is 26.3 Å². The van der Waals surface area contributed by atoms with E-state index in [9.17, 15) is 9.59 Å². The number of hydrogen-bond donors (Lipinski definition) is 3. The molecule has 130 valence electrons. The zero-order chi connectivity index (χ0) is 18.4. The lowest BCUT2D eigenvalue weighted by molar-refractivity contribution is 0.0707. The molecule has 0 atom stereocenters. The molecule has 0 spiro atoms. The molecule has 3 aromatic rings. The Morgan fingerprint density at radius 1 is 0.923 bits per heavy atom. The molecule has 0 bridgehead atoms. The number of benzene rings is 2. The number of nitrogens with one attached hydrogen (secondary N) is 2. The number of carbonyl (C=O) groups is 2. The second-order valence-electron chi connectivity index (χ2n) is 5.61. The Morgan fingerprint density at radius 2 is 1.65 bits per heavy atom. The van der Waals surface area contributed by atoms with Gasteiger partial charge in [0.15, 0.2) is 0 Å². The molecule has 3 rings (SSSR count). The summed E-state index contributed by atoms with van der Waals surface area (Å²) in [6.07, 6.45) is 3.12. The molecule has 2 amide bonds. The van der Waals surface area contributed by atoms with Gasteiger partial charge in [0.05, 0.1) is 0 Å². The van der Waals surface area contributed by atoms with Crippen molar-refractivity contribution in [2.45, 2.75) is 6.54 Å². The molecule has 1 aromatic heterocycles. The molecule has 26 heavy (non-hydrogen) atoms. The summed E-state index contributed by atoms with van der Waals surface area (Å²) in [5.74, 6) is -0.790. The fraction of sp³-hybridized carbons (Fsp3) is 0.0500.